The largest absolute Gasteiger partial charge is 0.493 e. The highest BCUT2D eigenvalue weighted by molar-refractivity contribution is 7.98. The Hall–Kier alpha value is -0.950. The number of methoxy groups -OCH3 is 1. The van der Waals surface area contributed by atoms with Crippen molar-refractivity contribution >= 4 is 11.8 Å². The average molecular weight is 355 g/mol. The number of hydrogen-bond acceptors (Lipinski definition) is 6. The maximum absolute atomic E-state index is 10.2. The van der Waals surface area contributed by atoms with Gasteiger partial charge in [-0.05, 0) is 49.9 Å². The number of aliphatic hydroxyl groups is 1. The normalized spacial score (nSPS) is 16.3. The van der Waals surface area contributed by atoms with Crippen molar-refractivity contribution in [2.24, 2.45) is 0 Å². The molecule has 0 aromatic heterocycles. The Morgan fingerprint density at radius 3 is 2.79 bits per heavy atom. The Morgan fingerprint density at radius 2 is 2.08 bits per heavy atom. The van der Waals surface area contributed by atoms with E-state index in [0.29, 0.717) is 18.0 Å². The molecule has 2 rings (SSSR count). The highest BCUT2D eigenvalue weighted by Gasteiger charge is 2.17. The second kappa shape index (κ2) is 10.8. The van der Waals surface area contributed by atoms with Crippen LogP contribution in [0.1, 0.15) is 18.4 Å². The third kappa shape index (κ3) is 6.51. The SMILES string of the molecule is COc1ccc(CNCCSC)cc1OCC(O)CN1CCCC1. The molecule has 136 valence electrons. The molecule has 1 saturated heterocycles. The summed E-state index contributed by atoms with van der Waals surface area (Å²) in [5, 5.41) is 13.6. The van der Waals surface area contributed by atoms with Crippen molar-refractivity contribution < 1.29 is 14.6 Å². The number of likely N-dealkylation sites (tertiary alicyclic amines) is 1. The van der Waals surface area contributed by atoms with Crippen molar-refractivity contribution in [2.45, 2.75) is 25.5 Å². The summed E-state index contributed by atoms with van der Waals surface area (Å²) in [4.78, 5) is 2.29. The lowest BCUT2D eigenvalue weighted by atomic mass is 10.2. The van der Waals surface area contributed by atoms with Gasteiger partial charge in [-0.3, -0.25) is 0 Å². The molecule has 0 aliphatic carbocycles. The predicted molar refractivity (Wildman–Crippen MR) is 100 cm³/mol. The van der Waals surface area contributed by atoms with Crippen molar-refractivity contribution in [3.63, 3.8) is 0 Å². The van der Waals surface area contributed by atoms with Crippen LogP contribution in [0.2, 0.25) is 0 Å². The van der Waals surface area contributed by atoms with Gasteiger partial charge in [0.2, 0.25) is 0 Å². The molecule has 0 saturated carbocycles. The van der Waals surface area contributed by atoms with Gasteiger partial charge in [-0.2, -0.15) is 11.8 Å². The smallest absolute Gasteiger partial charge is 0.161 e. The third-order valence-electron chi connectivity index (χ3n) is 4.14. The van der Waals surface area contributed by atoms with Crippen LogP contribution in [0.15, 0.2) is 18.2 Å². The lowest BCUT2D eigenvalue weighted by molar-refractivity contribution is 0.0746. The molecule has 1 aliphatic rings. The maximum Gasteiger partial charge on any atom is 0.161 e. The lowest BCUT2D eigenvalue weighted by Gasteiger charge is -2.20. The van der Waals surface area contributed by atoms with Gasteiger partial charge < -0.3 is 24.8 Å². The minimum Gasteiger partial charge on any atom is -0.493 e. The first-order valence-electron chi connectivity index (χ1n) is 8.62. The molecule has 1 unspecified atom stereocenters. The van der Waals surface area contributed by atoms with Gasteiger partial charge >= 0.3 is 0 Å². The Balaban J connectivity index is 1.84. The van der Waals surface area contributed by atoms with Crippen LogP contribution in [0, 0.1) is 0 Å². The number of ether oxygens (including phenoxy) is 2. The fraction of sp³-hybridized carbons (Fsp3) is 0.667. The average Bonchev–Trinajstić information content (AvgIpc) is 3.10. The fourth-order valence-electron chi connectivity index (χ4n) is 2.85. The molecule has 6 heteroatoms. The molecule has 0 bridgehead atoms. The second-order valence-corrected chi connectivity index (χ2v) is 7.11. The first kappa shape index (κ1) is 19.4. The molecule has 1 aliphatic heterocycles. The molecule has 5 nitrogen and oxygen atoms in total. The zero-order valence-corrected chi connectivity index (χ0v) is 15.6. The number of nitrogens with one attached hydrogen (secondary N) is 1. The molecule has 0 radical (unpaired) electrons. The van der Waals surface area contributed by atoms with Crippen LogP contribution in [0.5, 0.6) is 11.5 Å². The summed E-state index contributed by atoms with van der Waals surface area (Å²) in [5.41, 5.74) is 1.15. The molecule has 1 fully saturated rings. The molecular weight excluding hydrogens is 324 g/mol. The number of hydrogen-bond donors (Lipinski definition) is 2. The quantitative estimate of drug-likeness (QED) is 0.593. The summed E-state index contributed by atoms with van der Waals surface area (Å²) in [5.74, 6) is 2.50. The molecule has 1 atom stereocenters. The van der Waals surface area contributed by atoms with Crippen LogP contribution >= 0.6 is 11.8 Å². The molecule has 1 aromatic carbocycles. The van der Waals surface area contributed by atoms with Crippen molar-refractivity contribution in [3.05, 3.63) is 23.8 Å². The third-order valence-corrected chi connectivity index (χ3v) is 4.75. The van der Waals surface area contributed by atoms with E-state index in [4.69, 9.17) is 9.47 Å². The van der Waals surface area contributed by atoms with E-state index in [1.807, 2.05) is 30.0 Å². The number of β-amino-alcohol motifs (C(OH)–C–C–N with tert-alkyl or cyclic N) is 1. The number of nitrogens with zero attached hydrogens (tertiary/aromatic N) is 1. The molecule has 1 heterocycles. The van der Waals surface area contributed by atoms with Crippen LogP contribution in [0.25, 0.3) is 0 Å². The van der Waals surface area contributed by atoms with Gasteiger partial charge in [-0.25, -0.2) is 0 Å². The van der Waals surface area contributed by atoms with Crippen LogP contribution in [0.3, 0.4) is 0 Å². The summed E-state index contributed by atoms with van der Waals surface area (Å²) < 4.78 is 11.2. The Kier molecular flexibility index (Phi) is 8.74. The van der Waals surface area contributed by atoms with Crippen LogP contribution in [-0.4, -0.2) is 68.0 Å². The van der Waals surface area contributed by atoms with Crippen LogP contribution < -0.4 is 14.8 Å². The fourth-order valence-corrected chi connectivity index (χ4v) is 3.20. The van der Waals surface area contributed by atoms with Gasteiger partial charge in [0.1, 0.15) is 12.7 Å². The van der Waals surface area contributed by atoms with E-state index in [1.165, 1.54) is 12.8 Å². The maximum atomic E-state index is 10.2. The van der Waals surface area contributed by atoms with Gasteiger partial charge in [-0.1, -0.05) is 6.07 Å². The van der Waals surface area contributed by atoms with E-state index < -0.39 is 6.10 Å². The number of aliphatic hydroxyl groups excluding tert-OH is 1. The molecule has 1 aromatic rings. The zero-order chi connectivity index (χ0) is 17.2. The van der Waals surface area contributed by atoms with Crippen LogP contribution in [-0.2, 0) is 6.54 Å². The van der Waals surface area contributed by atoms with E-state index in [2.05, 4.69) is 16.5 Å². The number of thioether (sulfide) groups is 1. The predicted octanol–water partition coefficient (Wildman–Crippen LogP) is 1.98. The number of benzene rings is 1. The molecule has 0 amide bonds. The zero-order valence-electron chi connectivity index (χ0n) is 14.8. The summed E-state index contributed by atoms with van der Waals surface area (Å²) >= 11 is 1.83. The molecule has 0 spiro atoms. The standard InChI is InChI=1S/C18H30N2O3S/c1-22-17-6-5-15(12-19-7-10-24-2)11-18(17)23-14-16(21)13-20-8-3-4-9-20/h5-6,11,16,19,21H,3-4,7-10,12-14H2,1-2H3. The summed E-state index contributed by atoms with van der Waals surface area (Å²) in [7, 11) is 1.64. The summed E-state index contributed by atoms with van der Waals surface area (Å²) in [6.07, 6.45) is 4.09. The molecule has 24 heavy (non-hydrogen) atoms. The first-order chi connectivity index (χ1) is 11.7. The van der Waals surface area contributed by atoms with Crippen molar-refractivity contribution in [1.29, 1.82) is 0 Å². The van der Waals surface area contributed by atoms with Gasteiger partial charge in [0, 0.05) is 25.4 Å². The summed E-state index contributed by atoms with van der Waals surface area (Å²) in [6.45, 7) is 4.92. The molecular formula is C18H30N2O3S. The highest BCUT2D eigenvalue weighted by Crippen LogP contribution is 2.28. The minimum absolute atomic E-state index is 0.288. The Bertz CT molecular complexity index is 481. The van der Waals surface area contributed by atoms with E-state index in [0.717, 1.165) is 37.5 Å². The van der Waals surface area contributed by atoms with E-state index in [9.17, 15) is 5.11 Å². The first-order valence-corrected chi connectivity index (χ1v) is 10.0. The minimum atomic E-state index is -0.476. The van der Waals surface area contributed by atoms with E-state index in [-0.39, 0.29) is 6.61 Å². The van der Waals surface area contributed by atoms with Gasteiger partial charge in [0.25, 0.3) is 0 Å². The summed E-state index contributed by atoms with van der Waals surface area (Å²) in [6, 6.07) is 5.96. The molecule has 2 N–H and O–H groups in total. The van der Waals surface area contributed by atoms with Gasteiger partial charge in [-0.15, -0.1) is 0 Å². The van der Waals surface area contributed by atoms with Crippen molar-refractivity contribution in [3.8, 4) is 11.5 Å². The van der Waals surface area contributed by atoms with E-state index in [1.54, 1.807) is 7.11 Å². The Labute approximate surface area is 149 Å². The van der Waals surface area contributed by atoms with Gasteiger partial charge in [0.05, 0.1) is 7.11 Å². The van der Waals surface area contributed by atoms with E-state index >= 15 is 0 Å². The lowest BCUT2D eigenvalue weighted by Crippen LogP contribution is -2.33. The highest BCUT2D eigenvalue weighted by atomic mass is 32.2. The monoisotopic (exact) mass is 354 g/mol. The number of rotatable bonds is 11. The second-order valence-electron chi connectivity index (χ2n) is 6.13. The van der Waals surface area contributed by atoms with Crippen molar-refractivity contribution in [2.75, 3.05) is 51.9 Å². The van der Waals surface area contributed by atoms with Crippen molar-refractivity contribution in [1.82, 2.24) is 10.2 Å². The Morgan fingerprint density at radius 1 is 1.29 bits per heavy atom. The van der Waals surface area contributed by atoms with Gasteiger partial charge in [0.15, 0.2) is 11.5 Å². The van der Waals surface area contributed by atoms with Crippen LogP contribution in [0.4, 0.5) is 0 Å². The topological polar surface area (TPSA) is 54.0 Å².